The highest BCUT2D eigenvalue weighted by atomic mass is 35.5. The summed E-state index contributed by atoms with van der Waals surface area (Å²) in [6.45, 7) is 1.56. The first-order valence-electron chi connectivity index (χ1n) is 9.03. The standard InChI is InChI=1S/C23H22N2O.ClH/c26-23(22-16-24-15-21(22)19-9-5-2-6-10-19)25-20-13-11-18(12-14-20)17-7-3-1-4-8-17;/h1-14,21-22,24H,15-16H2,(H,25,26);1H/t21-,22+;/m0./s1. The molecular formula is C23H23ClN2O. The minimum Gasteiger partial charge on any atom is -0.326 e. The molecular weight excluding hydrogens is 356 g/mol. The maximum Gasteiger partial charge on any atom is 0.229 e. The predicted molar refractivity (Wildman–Crippen MR) is 113 cm³/mol. The minimum absolute atomic E-state index is 0. The third-order valence-electron chi connectivity index (χ3n) is 5.04. The lowest BCUT2D eigenvalue weighted by molar-refractivity contribution is -0.119. The van der Waals surface area contributed by atoms with Crippen molar-refractivity contribution in [2.45, 2.75) is 5.92 Å². The van der Waals surface area contributed by atoms with Crippen molar-refractivity contribution in [3.05, 3.63) is 90.5 Å². The molecule has 0 spiro atoms. The number of carbonyl (C=O) groups excluding carboxylic acids is 1. The molecule has 1 fully saturated rings. The van der Waals surface area contributed by atoms with E-state index < -0.39 is 0 Å². The monoisotopic (exact) mass is 378 g/mol. The van der Waals surface area contributed by atoms with Crippen LogP contribution in [0.5, 0.6) is 0 Å². The molecule has 0 unspecified atom stereocenters. The van der Waals surface area contributed by atoms with Crippen LogP contribution in [0.25, 0.3) is 11.1 Å². The zero-order chi connectivity index (χ0) is 17.8. The Morgan fingerprint density at radius 1 is 0.778 bits per heavy atom. The summed E-state index contributed by atoms with van der Waals surface area (Å²) in [6.07, 6.45) is 0. The van der Waals surface area contributed by atoms with E-state index in [0.717, 1.165) is 17.8 Å². The second-order valence-corrected chi connectivity index (χ2v) is 6.71. The summed E-state index contributed by atoms with van der Waals surface area (Å²) in [5.74, 6) is 0.252. The first kappa shape index (κ1) is 19.2. The highest BCUT2D eigenvalue weighted by Crippen LogP contribution is 2.29. The van der Waals surface area contributed by atoms with Crippen LogP contribution in [0.4, 0.5) is 5.69 Å². The van der Waals surface area contributed by atoms with Gasteiger partial charge >= 0.3 is 0 Å². The first-order chi connectivity index (χ1) is 12.8. The van der Waals surface area contributed by atoms with Crippen LogP contribution in [-0.4, -0.2) is 19.0 Å². The Balaban J connectivity index is 0.00000210. The second kappa shape index (κ2) is 8.85. The summed E-state index contributed by atoms with van der Waals surface area (Å²) >= 11 is 0. The molecule has 2 N–H and O–H groups in total. The molecule has 1 aliphatic rings. The predicted octanol–water partition coefficient (Wildman–Crippen LogP) is 4.72. The number of benzene rings is 3. The number of carbonyl (C=O) groups is 1. The molecule has 3 aromatic carbocycles. The van der Waals surface area contributed by atoms with Crippen LogP contribution in [0.1, 0.15) is 11.5 Å². The van der Waals surface area contributed by atoms with Crippen molar-refractivity contribution in [3.8, 4) is 11.1 Å². The summed E-state index contributed by atoms with van der Waals surface area (Å²) in [4.78, 5) is 12.8. The van der Waals surface area contributed by atoms with Gasteiger partial charge < -0.3 is 10.6 Å². The van der Waals surface area contributed by atoms with E-state index in [2.05, 4.69) is 34.9 Å². The van der Waals surface area contributed by atoms with Crippen molar-refractivity contribution < 1.29 is 4.79 Å². The van der Waals surface area contributed by atoms with Gasteiger partial charge in [-0.05, 0) is 28.8 Å². The van der Waals surface area contributed by atoms with Gasteiger partial charge in [0.2, 0.25) is 5.91 Å². The normalized spacial score (nSPS) is 18.5. The topological polar surface area (TPSA) is 41.1 Å². The highest BCUT2D eigenvalue weighted by Gasteiger charge is 2.33. The Morgan fingerprint density at radius 2 is 1.37 bits per heavy atom. The van der Waals surface area contributed by atoms with Gasteiger partial charge in [0.15, 0.2) is 0 Å². The average molecular weight is 379 g/mol. The molecule has 3 aromatic rings. The summed E-state index contributed by atoms with van der Waals surface area (Å²) in [5.41, 5.74) is 4.38. The summed E-state index contributed by atoms with van der Waals surface area (Å²) in [7, 11) is 0. The van der Waals surface area contributed by atoms with E-state index in [0.29, 0.717) is 6.54 Å². The minimum atomic E-state index is -0.0498. The lowest BCUT2D eigenvalue weighted by Crippen LogP contribution is -2.28. The van der Waals surface area contributed by atoms with Crippen molar-refractivity contribution in [3.63, 3.8) is 0 Å². The van der Waals surface area contributed by atoms with Crippen molar-refractivity contribution in [1.82, 2.24) is 5.32 Å². The van der Waals surface area contributed by atoms with E-state index in [1.54, 1.807) is 0 Å². The van der Waals surface area contributed by atoms with Gasteiger partial charge in [0.25, 0.3) is 0 Å². The van der Waals surface area contributed by atoms with Crippen molar-refractivity contribution >= 4 is 24.0 Å². The molecule has 4 heteroatoms. The summed E-state index contributed by atoms with van der Waals surface area (Å²) < 4.78 is 0. The van der Waals surface area contributed by atoms with E-state index in [-0.39, 0.29) is 30.2 Å². The molecule has 1 aliphatic heterocycles. The van der Waals surface area contributed by atoms with Crippen LogP contribution in [-0.2, 0) is 4.79 Å². The Morgan fingerprint density at radius 3 is 2.04 bits per heavy atom. The number of hydrogen-bond donors (Lipinski definition) is 2. The molecule has 2 atom stereocenters. The Labute approximate surface area is 166 Å². The molecule has 0 radical (unpaired) electrons. The van der Waals surface area contributed by atoms with Crippen LogP contribution in [0.15, 0.2) is 84.9 Å². The molecule has 27 heavy (non-hydrogen) atoms. The van der Waals surface area contributed by atoms with Gasteiger partial charge in [-0.15, -0.1) is 12.4 Å². The Kier molecular flexibility index (Phi) is 6.28. The highest BCUT2D eigenvalue weighted by molar-refractivity contribution is 5.94. The number of nitrogens with one attached hydrogen (secondary N) is 2. The average Bonchev–Trinajstić information content (AvgIpc) is 3.20. The maximum atomic E-state index is 12.8. The number of anilines is 1. The molecule has 1 amide bonds. The van der Waals surface area contributed by atoms with Gasteiger partial charge in [-0.2, -0.15) is 0 Å². The van der Waals surface area contributed by atoms with Crippen LogP contribution >= 0.6 is 12.4 Å². The van der Waals surface area contributed by atoms with E-state index in [9.17, 15) is 4.79 Å². The van der Waals surface area contributed by atoms with E-state index in [1.165, 1.54) is 11.1 Å². The molecule has 4 rings (SSSR count). The zero-order valence-electron chi connectivity index (χ0n) is 15.0. The Hall–Kier alpha value is -2.62. The fourth-order valence-electron chi connectivity index (χ4n) is 3.62. The smallest absolute Gasteiger partial charge is 0.229 e. The molecule has 138 valence electrons. The van der Waals surface area contributed by atoms with Crippen LogP contribution in [0.3, 0.4) is 0 Å². The number of rotatable bonds is 4. The molecule has 0 aliphatic carbocycles. The molecule has 0 bridgehead atoms. The zero-order valence-corrected chi connectivity index (χ0v) is 15.8. The number of amides is 1. The van der Waals surface area contributed by atoms with Crippen LogP contribution in [0.2, 0.25) is 0 Å². The van der Waals surface area contributed by atoms with Gasteiger partial charge in [-0.25, -0.2) is 0 Å². The first-order valence-corrected chi connectivity index (χ1v) is 9.03. The summed E-state index contributed by atoms with van der Waals surface area (Å²) in [5, 5.41) is 6.44. The lowest BCUT2D eigenvalue weighted by atomic mass is 9.88. The summed E-state index contributed by atoms with van der Waals surface area (Å²) in [6, 6.07) is 28.6. The number of hydrogen-bond acceptors (Lipinski definition) is 2. The maximum absolute atomic E-state index is 12.8. The fourth-order valence-corrected chi connectivity index (χ4v) is 3.62. The van der Waals surface area contributed by atoms with Crippen LogP contribution in [0, 0.1) is 5.92 Å². The van der Waals surface area contributed by atoms with Gasteiger partial charge in [0, 0.05) is 24.7 Å². The third-order valence-corrected chi connectivity index (χ3v) is 5.04. The van der Waals surface area contributed by atoms with Crippen molar-refractivity contribution in [1.29, 1.82) is 0 Å². The van der Waals surface area contributed by atoms with Crippen molar-refractivity contribution in [2.24, 2.45) is 5.92 Å². The quantitative estimate of drug-likeness (QED) is 0.689. The van der Waals surface area contributed by atoms with Crippen LogP contribution < -0.4 is 10.6 Å². The molecule has 1 heterocycles. The van der Waals surface area contributed by atoms with Gasteiger partial charge in [0.05, 0.1) is 5.92 Å². The van der Waals surface area contributed by atoms with Gasteiger partial charge in [-0.3, -0.25) is 4.79 Å². The third kappa shape index (κ3) is 4.38. The fraction of sp³-hybridized carbons (Fsp3) is 0.174. The largest absolute Gasteiger partial charge is 0.326 e. The lowest BCUT2D eigenvalue weighted by Gasteiger charge is -2.18. The SMILES string of the molecule is Cl.O=C(Nc1ccc(-c2ccccc2)cc1)[C@@H]1CNC[C@H]1c1ccccc1. The molecule has 1 saturated heterocycles. The van der Waals surface area contributed by atoms with E-state index in [1.807, 2.05) is 60.7 Å². The van der Waals surface area contributed by atoms with E-state index >= 15 is 0 Å². The molecule has 0 saturated carbocycles. The second-order valence-electron chi connectivity index (χ2n) is 6.71. The Bertz CT molecular complexity index is 866. The van der Waals surface area contributed by atoms with Crippen molar-refractivity contribution in [2.75, 3.05) is 18.4 Å². The number of halogens is 1. The molecule has 3 nitrogen and oxygen atoms in total. The van der Waals surface area contributed by atoms with Gasteiger partial charge in [0.1, 0.15) is 0 Å². The molecule has 0 aromatic heterocycles. The van der Waals surface area contributed by atoms with Gasteiger partial charge in [-0.1, -0.05) is 72.8 Å². The van der Waals surface area contributed by atoms with E-state index in [4.69, 9.17) is 0 Å².